The first-order chi connectivity index (χ1) is 14.3. The minimum Gasteiger partial charge on any atom is -0.444 e. The lowest BCUT2D eigenvalue weighted by Gasteiger charge is -2.19. The molecular weight excluding hydrogens is 404 g/mol. The smallest absolute Gasteiger partial charge is 0.407 e. The molecule has 0 saturated carbocycles. The van der Waals surface area contributed by atoms with Crippen molar-refractivity contribution < 1.29 is 14.3 Å². The second-order valence-corrected chi connectivity index (χ2v) is 8.35. The Hall–Kier alpha value is -2.43. The lowest BCUT2D eigenvalue weighted by atomic mass is 10.1. The number of unbranched alkanes of at least 4 members (excludes halogenated alkanes) is 1. The predicted octanol–water partition coefficient (Wildman–Crippen LogP) is 3.16. The normalized spacial score (nSPS) is 12.2. The molecular formula is C20H32N6O3S. The predicted molar refractivity (Wildman–Crippen MR) is 123 cm³/mol. The van der Waals surface area contributed by atoms with Gasteiger partial charge in [0, 0.05) is 41.9 Å². The quantitative estimate of drug-likeness (QED) is 0.267. The number of nitrogens with two attached hydrogens (primary N) is 2. The summed E-state index contributed by atoms with van der Waals surface area (Å²) in [6, 6.07) is 3.96. The Balaban J connectivity index is 1.68. The topological polar surface area (TPSA) is 140 Å². The van der Waals surface area contributed by atoms with Crippen LogP contribution >= 0.6 is 11.9 Å². The second-order valence-electron chi connectivity index (χ2n) is 7.68. The lowest BCUT2D eigenvalue weighted by Crippen LogP contribution is -2.33. The van der Waals surface area contributed by atoms with Crippen molar-refractivity contribution in [2.75, 3.05) is 31.6 Å². The van der Waals surface area contributed by atoms with E-state index in [9.17, 15) is 4.79 Å². The van der Waals surface area contributed by atoms with Gasteiger partial charge in [-0.2, -0.15) is 5.10 Å². The molecule has 10 heteroatoms. The van der Waals surface area contributed by atoms with Crippen molar-refractivity contribution >= 4 is 39.5 Å². The molecule has 2 aromatic rings. The van der Waals surface area contributed by atoms with Gasteiger partial charge < -0.3 is 25.8 Å². The number of benzene rings is 1. The molecule has 1 aromatic heterocycles. The fourth-order valence-corrected chi connectivity index (χ4v) is 3.07. The molecule has 1 amide bonds. The average Bonchev–Trinajstić information content (AvgIpc) is 3.15. The van der Waals surface area contributed by atoms with Crippen LogP contribution < -0.4 is 21.5 Å². The van der Waals surface area contributed by atoms with Crippen LogP contribution in [0.5, 0.6) is 0 Å². The minimum absolute atomic E-state index is 0.388. The highest BCUT2D eigenvalue weighted by Crippen LogP contribution is 2.30. The number of ether oxygens (including phenoxy) is 2. The second kappa shape index (κ2) is 11.7. The zero-order valence-electron chi connectivity index (χ0n) is 17.8. The lowest BCUT2D eigenvalue weighted by molar-refractivity contribution is 0.0524. The Bertz CT molecular complexity index is 847. The van der Waals surface area contributed by atoms with Crippen LogP contribution in [0.4, 0.5) is 10.5 Å². The van der Waals surface area contributed by atoms with Gasteiger partial charge in [-0.05, 0) is 63.3 Å². The number of alkyl carbamates (subject to hydrolysis) is 1. The van der Waals surface area contributed by atoms with E-state index in [-0.39, 0.29) is 6.09 Å². The minimum atomic E-state index is -0.479. The maximum absolute atomic E-state index is 11.5. The number of hydrogen-bond acceptors (Lipinski definition) is 8. The van der Waals surface area contributed by atoms with Gasteiger partial charge in [-0.3, -0.25) is 10.2 Å². The molecule has 0 radical (unpaired) electrons. The van der Waals surface area contributed by atoms with E-state index in [0.29, 0.717) is 26.3 Å². The van der Waals surface area contributed by atoms with Crippen molar-refractivity contribution in [3.8, 4) is 0 Å². The summed E-state index contributed by atoms with van der Waals surface area (Å²) in [5.41, 5.74) is 7.94. The van der Waals surface area contributed by atoms with E-state index in [4.69, 9.17) is 20.3 Å². The molecule has 0 bridgehead atoms. The van der Waals surface area contributed by atoms with Crippen molar-refractivity contribution in [2.24, 2.45) is 10.9 Å². The van der Waals surface area contributed by atoms with Crippen molar-refractivity contribution in [1.29, 1.82) is 0 Å². The summed E-state index contributed by atoms with van der Waals surface area (Å²) >= 11 is 1.10. The number of amides is 1. The molecule has 0 unspecified atom stereocenters. The summed E-state index contributed by atoms with van der Waals surface area (Å²) in [6.07, 6.45) is 4.57. The fraction of sp³-hybridized carbons (Fsp3) is 0.500. The SMILES string of the molecule is CC(C)(C)OC(=O)NCCCCOCCNc1cc(/C(=C/N)SN)cc2[nH]ncc12. The monoisotopic (exact) mass is 436 g/mol. The van der Waals surface area contributed by atoms with Crippen molar-refractivity contribution in [1.82, 2.24) is 15.5 Å². The molecule has 0 aliphatic carbocycles. The van der Waals surface area contributed by atoms with Crippen molar-refractivity contribution in [3.63, 3.8) is 0 Å². The highest BCUT2D eigenvalue weighted by atomic mass is 32.2. The maximum atomic E-state index is 11.5. The highest BCUT2D eigenvalue weighted by Gasteiger charge is 2.15. The van der Waals surface area contributed by atoms with Gasteiger partial charge in [-0.25, -0.2) is 4.79 Å². The summed E-state index contributed by atoms with van der Waals surface area (Å²) in [5.74, 6) is 0. The van der Waals surface area contributed by atoms with Gasteiger partial charge >= 0.3 is 6.09 Å². The number of aromatic nitrogens is 2. The number of rotatable bonds is 11. The number of anilines is 1. The third kappa shape index (κ3) is 7.77. The first kappa shape index (κ1) is 23.8. The molecule has 0 atom stereocenters. The van der Waals surface area contributed by atoms with E-state index >= 15 is 0 Å². The Labute approximate surface area is 181 Å². The fourth-order valence-electron chi connectivity index (χ4n) is 2.74. The van der Waals surface area contributed by atoms with Gasteiger partial charge in [0.15, 0.2) is 0 Å². The Kier molecular flexibility index (Phi) is 9.28. The number of H-pyrrole nitrogens is 1. The zero-order chi connectivity index (χ0) is 22.0. The molecule has 0 fully saturated rings. The van der Waals surface area contributed by atoms with Gasteiger partial charge in [-0.1, -0.05) is 0 Å². The van der Waals surface area contributed by atoms with Crippen LogP contribution in [0.2, 0.25) is 0 Å². The van der Waals surface area contributed by atoms with Crippen LogP contribution in [0.15, 0.2) is 24.5 Å². The largest absolute Gasteiger partial charge is 0.444 e. The van der Waals surface area contributed by atoms with E-state index in [1.54, 1.807) is 6.20 Å². The van der Waals surface area contributed by atoms with Crippen molar-refractivity contribution in [3.05, 3.63) is 30.1 Å². The van der Waals surface area contributed by atoms with Gasteiger partial charge in [0.1, 0.15) is 5.60 Å². The number of hydrogen-bond donors (Lipinski definition) is 5. The number of carbonyl (C=O) groups excluding carboxylic acids is 1. The van der Waals surface area contributed by atoms with Crippen LogP contribution in [0, 0.1) is 0 Å². The number of fused-ring (bicyclic) bond motifs is 1. The molecule has 2 rings (SSSR count). The van der Waals surface area contributed by atoms with Crippen LogP contribution in [0.25, 0.3) is 15.8 Å². The maximum Gasteiger partial charge on any atom is 0.407 e. The number of carbonyl (C=O) groups is 1. The highest BCUT2D eigenvalue weighted by molar-refractivity contribution is 8.06. The van der Waals surface area contributed by atoms with E-state index in [1.165, 1.54) is 6.20 Å². The first-order valence-corrected chi connectivity index (χ1v) is 10.8. The van der Waals surface area contributed by atoms with Crippen LogP contribution in [-0.2, 0) is 9.47 Å². The molecule has 0 aliphatic heterocycles. The molecule has 0 aliphatic rings. The average molecular weight is 437 g/mol. The molecule has 7 N–H and O–H groups in total. The van der Waals surface area contributed by atoms with Crippen LogP contribution in [0.1, 0.15) is 39.2 Å². The van der Waals surface area contributed by atoms with E-state index in [0.717, 1.165) is 51.8 Å². The Morgan fingerprint density at radius 3 is 2.77 bits per heavy atom. The van der Waals surface area contributed by atoms with Gasteiger partial charge in [-0.15, -0.1) is 0 Å². The molecule has 9 nitrogen and oxygen atoms in total. The molecule has 30 heavy (non-hydrogen) atoms. The molecule has 1 heterocycles. The summed E-state index contributed by atoms with van der Waals surface area (Å²) in [4.78, 5) is 12.3. The zero-order valence-corrected chi connectivity index (χ0v) is 18.6. The molecule has 166 valence electrons. The Morgan fingerprint density at radius 1 is 1.27 bits per heavy atom. The summed E-state index contributed by atoms with van der Waals surface area (Å²) in [5, 5.41) is 19.9. The number of nitrogens with zero attached hydrogens (tertiary/aromatic N) is 1. The summed E-state index contributed by atoms with van der Waals surface area (Å²) in [6.45, 7) is 7.93. The molecule has 0 spiro atoms. The third-order valence-corrected chi connectivity index (χ3v) is 4.69. The Morgan fingerprint density at radius 2 is 2.07 bits per heavy atom. The van der Waals surface area contributed by atoms with E-state index in [2.05, 4.69) is 20.8 Å². The first-order valence-electron chi connectivity index (χ1n) is 9.88. The van der Waals surface area contributed by atoms with E-state index in [1.807, 2.05) is 32.9 Å². The van der Waals surface area contributed by atoms with Crippen LogP contribution in [-0.4, -0.2) is 48.2 Å². The standard InChI is InChI=1S/C20H32N6O3S/c1-20(2,3)29-19(27)24-6-4-5-8-28-9-7-23-16-10-14(18(12-21)30-22)11-17-15(16)13-25-26-17/h10-13,23H,4-9,21-22H2,1-3H3,(H,24,27)(H,25,26)/b18-12-. The van der Waals surface area contributed by atoms with Gasteiger partial charge in [0.25, 0.3) is 0 Å². The molecule has 1 aromatic carbocycles. The van der Waals surface area contributed by atoms with Crippen molar-refractivity contribution in [2.45, 2.75) is 39.2 Å². The van der Waals surface area contributed by atoms with Gasteiger partial charge in [0.05, 0.1) is 18.3 Å². The van der Waals surface area contributed by atoms with E-state index < -0.39 is 5.60 Å². The van der Waals surface area contributed by atoms with Gasteiger partial charge in [0.2, 0.25) is 0 Å². The number of aromatic amines is 1. The molecule has 0 saturated heterocycles. The third-order valence-electron chi connectivity index (χ3n) is 4.07. The van der Waals surface area contributed by atoms with Crippen LogP contribution in [0.3, 0.4) is 0 Å². The summed E-state index contributed by atoms with van der Waals surface area (Å²) in [7, 11) is 0. The number of nitrogens with one attached hydrogen (secondary N) is 3. The summed E-state index contributed by atoms with van der Waals surface area (Å²) < 4.78 is 10.9.